The van der Waals surface area contributed by atoms with Gasteiger partial charge < -0.3 is 14.3 Å². The largest absolute Gasteiger partial charge is 0.461 e. The number of carbonyl (C=O) groups is 1. The summed E-state index contributed by atoms with van der Waals surface area (Å²) in [6.07, 6.45) is 4.05. The van der Waals surface area contributed by atoms with Gasteiger partial charge in [-0.25, -0.2) is 0 Å². The van der Waals surface area contributed by atoms with E-state index in [2.05, 4.69) is 22.4 Å². The van der Waals surface area contributed by atoms with Crippen molar-refractivity contribution in [2.75, 3.05) is 5.75 Å². The Balaban J connectivity index is 1.57. The van der Waals surface area contributed by atoms with Crippen molar-refractivity contribution in [2.45, 2.75) is 31.0 Å². The van der Waals surface area contributed by atoms with Gasteiger partial charge in [0.1, 0.15) is 0 Å². The molecule has 1 fully saturated rings. The van der Waals surface area contributed by atoms with Gasteiger partial charge in [0.2, 0.25) is 5.91 Å². The number of thioether (sulfide) groups is 1. The Labute approximate surface area is 127 Å². The SMILES string of the molecule is CC(NC(=O)CSc1nnc(-c2ccco2)n1C)C1CC1. The molecule has 1 aliphatic rings. The number of carbonyl (C=O) groups excluding carboxylic acids is 1. The third-order valence-electron chi connectivity index (χ3n) is 3.63. The molecule has 1 aliphatic carbocycles. The molecule has 0 radical (unpaired) electrons. The third-order valence-corrected chi connectivity index (χ3v) is 4.65. The van der Waals surface area contributed by atoms with E-state index in [-0.39, 0.29) is 11.9 Å². The van der Waals surface area contributed by atoms with E-state index in [4.69, 9.17) is 4.42 Å². The molecule has 7 heteroatoms. The maximum Gasteiger partial charge on any atom is 0.230 e. The molecule has 1 saturated carbocycles. The van der Waals surface area contributed by atoms with Crippen molar-refractivity contribution in [2.24, 2.45) is 13.0 Å². The van der Waals surface area contributed by atoms with Gasteiger partial charge >= 0.3 is 0 Å². The quantitative estimate of drug-likeness (QED) is 0.827. The highest BCUT2D eigenvalue weighted by atomic mass is 32.2. The van der Waals surface area contributed by atoms with Crippen LogP contribution in [0.4, 0.5) is 0 Å². The maximum absolute atomic E-state index is 11.9. The molecule has 0 bridgehead atoms. The van der Waals surface area contributed by atoms with Crippen molar-refractivity contribution in [3.8, 4) is 11.6 Å². The molecule has 112 valence electrons. The molecule has 21 heavy (non-hydrogen) atoms. The Bertz CT molecular complexity index is 619. The lowest BCUT2D eigenvalue weighted by Gasteiger charge is -2.12. The van der Waals surface area contributed by atoms with Crippen LogP contribution < -0.4 is 5.32 Å². The first-order chi connectivity index (χ1) is 10.1. The summed E-state index contributed by atoms with van der Waals surface area (Å²) in [5.41, 5.74) is 0. The van der Waals surface area contributed by atoms with Crippen molar-refractivity contribution < 1.29 is 9.21 Å². The summed E-state index contributed by atoms with van der Waals surface area (Å²) in [6, 6.07) is 3.92. The Kier molecular flexibility index (Phi) is 4.01. The fourth-order valence-electron chi connectivity index (χ4n) is 2.20. The topological polar surface area (TPSA) is 73.0 Å². The highest BCUT2D eigenvalue weighted by Gasteiger charge is 2.28. The second kappa shape index (κ2) is 5.93. The van der Waals surface area contributed by atoms with Crippen molar-refractivity contribution in [3.63, 3.8) is 0 Å². The second-order valence-corrected chi connectivity index (χ2v) is 6.27. The third kappa shape index (κ3) is 3.29. The smallest absolute Gasteiger partial charge is 0.230 e. The number of amides is 1. The van der Waals surface area contributed by atoms with Crippen molar-refractivity contribution in [3.05, 3.63) is 18.4 Å². The molecule has 1 N–H and O–H groups in total. The molecular formula is C14H18N4O2S. The van der Waals surface area contributed by atoms with Crippen LogP contribution in [0.1, 0.15) is 19.8 Å². The predicted octanol–water partition coefficient (Wildman–Crippen LogP) is 2.08. The molecule has 3 rings (SSSR count). The van der Waals surface area contributed by atoms with E-state index >= 15 is 0 Å². The Morgan fingerprint density at radius 2 is 2.38 bits per heavy atom. The number of nitrogens with zero attached hydrogens (tertiary/aromatic N) is 3. The molecule has 0 saturated heterocycles. The molecule has 0 spiro atoms. The van der Waals surface area contributed by atoms with Crippen molar-refractivity contribution >= 4 is 17.7 Å². The van der Waals surface area contributed by atoms with Crippen LogP contribution in [0.2, 0.25) is 0 Å². The second-order valence-electron chi connectivity index (χ2n) is 5.32. The Morgan fingerprint density at radius 3 is 3.05 bits per heavy atom. The van der Waals surface area contributed by atoms with E-state index < -0.39 is 0 Å². The van der Waals surface area contributed by atoms with Crippen LogP contribution in [0.15, 0.2) is 28.0 Å². The molecule has 2 heterocycles. The van der Waals surface area contributed by atoms with Crippen molar-refractivity contribution in [1.82, 2.24) is 20.1 Å². The van der Waals surface area contributed by atoms with E-state index in [0.717, 1.165) is 0 Å². The molecule has 2 aromatic rings. The zero-order valence-corrected chi connectivity index (χ0v) is 12.9. The molecule has 1 atom stereocenters. The molecule has 6 nitrogen and oxygen atoms in total. The Hall–Kier alpha value is -1.76. The minimum absolute atomic E-state index is 0.0435. The van der Waals surface area contributed by atoms with Crippen molar-refractivity contribution in [1.29, 1.82) is 0 Å². The molecule has 1 amide bonds. The fourth-order valence-corrected chi connectivity index (χ4v) is 2.92. The average molecular weight is 306 g/mol. The number of nitrogens with one attached hydrogen (secondary N) is 1. The first kappa shape index (κ1) is 14.2. The molecule has 0 aromatic carbocycles. The van der Waals surface area contributed by atoms with Crippen LogP contribution in [-0.4, -0.2) is 32.5 Å². The Morgan fingerprint density at radius 1 is 1.57 bits per heavy atom. The van der Waals surface area contributed by atoms with Crippen LogP contribution in [-0.2, 0) is 11.8 Å². The molecule has 1 unspecified atom stereocenters. The number of hydrogen-bond donors (Lipinski definition) is 1. The van der Waals surface area contributed by atoms with Crippen LogP contribution in [0, 0.1) is 5.92 Å². The van der Waals surface area contributed by atoms with Crippen LogP contribution in [0.3, 0.4) is 0 Å². The summed E-state index contributed by atoms with van der Waals surface area (Å²) in [6.45, 7) is 2.07. The monoisotopic (exact) mass is 306 g/mol. The summed E-state index contributed by atoms with van der Waals surface area (Å²) in [5.74, 6) is 2.39. The first-order valence-electron chi connectivity index (χ1n) is 7.00. The lowest BCUT2D eigenvalue weighted by molar-refractivity contribution is -0.119. The minimum atomic E-state index is 0.0435. The highest BCUT2D eigenvalue weighted by Crippen LogP contribution is 2.32. The van der Waals surface area contributed by atoms with Gasteiger partial charge in [0, 0.05) is 13.1 Å². The fraction of sp³-hybridized carbons (Fsp3) is 0.500. The average Bonchev–Trinajstić information content (AvgIpc) is 3.06. The van der Waals surface area contributed by atoms with Crippen LogP contribution >= 0.6 is 11.8 Å². The van der Waals surface area contributed by atoms with E-state index in [1.165, 1.54) is 24.6 Å². The van der Waals surface area contributed by atoms with E-state index in [0.29, 0.717) is 28.4 Å². The van der Waals surface area contributed by atoms with Crippen LogP contribution in [0.5, 0.6) is 0 Å². The summed E-state index contributed by atoms with van der Waals surface area (Å²) in [5, 5.41) is 11.9. The summed E-state index contributed by atoms with van der Waals surface area (Å²) in [4.78, 5) is 11.9. The normalized spacial score (nSPS) is 15.9. The standard InChI is InChI=1S/C14H18N4O2S/c1-9(10-5-6-10)15-12(19)8-21-14-17-16-13(18(14)2)11-4-3-7-20-11/h3-4,7,9-10H,5-6,8H2,1-2H3,(H,15,19). The van der Waals surface area contributed by atoms with E-state index in [9.17, 15) is 4.79 Å². The summed E-state index contributed by atoms with van der Waals surface area (Å²) in [7, 11) is 1.87. The predicted molar refractivity (Wildman–Crippen MR) is 79.8 cm³/mol. The summed E-state index contributed by atoms with van der Waals surface area (Å²) < 4.78 is 7.15. The van der Waals surface area contributed by atoms with Crippen LogP contribution in [0.25, 0.3) is 11.6 Å². The zero-order valence-electron chi connectivity index (χ0n) is 12.1. The van der Waals surface area contributed by atoms with Gasteiger partial charge in [0.25, 0.3) is 0 Å². The van der Waals surface area contributed by atoms with Gasteiger partial charge in [-0.05, 0) is 37.8 Å². The van der Waals surface area contributed by atoms with Gasteiger partial charge in [-0.1, -0.05) is 11.8 Å². The highest BCUT2D eigenvalue weighted by molar-refractivity contribution is 7.99. The van der Waals surface area contributed by atoms with Gasteiger partial charge in [-0.3, -0.25) is 4.79 Å². The van der Waals surface area contributed by atoms with Gasteiger partial charge in [-0.15, -0.1) is 10.2 Å². The first-order valence-corrected chi connectivity index (χ1v) is 7.99. The van der Waals surface area contributed by atoms with Gasteiger partial charge in [0.05, 0.1) is 12.0 Å². The number of aromatic nitrogens is 3. The summed E-state index contributed by atoms with van der Waals surface area (Å²) >= 11 is 1.38. The number of furan rings is 1. The maximum atomic E-state index is 11.9. The molecule has 2 aromatic heterocycles. The molecule has 0 aliphatic heterocycles. The molecular weight excluding hydrogens is 288 g/mol. The minimum Gasteiger partial charge on any atom is -0.461 e. The zero-order chi connectivity index (χ0) is 14.8. The lowest BCUT2D eigenvalue weighted by atomic mass is 10.2. The number of hydrogen-bond acceptors (Lipinski definition) is 5. The van der Waals surface area contributed by atoms with E-state index in [1.54, 1.807) is 6.26 Å². The lowest BCUT2D eigenvalue weighted by Crippen LogP contribution is -2.35. The number of rotatable bonds is 6. The van der Waals surface area contributed by atoms with Gasteiger partial charge in [-0.2, -0.15) is 0 Å². The van der Waals surface area contributed by atoms with Gasteiger partial charge in [0.15, 0.2) is 16.7 Å². The van der Waals surface area contributed by atoms with E-state index in [1.807, 2.05) is 23.7 Å².